The van der Waals surface area contributed by atoms with Crippen LogP contribution in [0.25, 0.3) is 6.08 Å². The molecule has 0 bridgehead atoms. The quantitative estimate of drug-likeness (QED) is 0.732. The zero-order valence-electron chi connectivity index (χ0n) is 12.5. The Balaban J connectivity index is 2.12. The monoisotopic (exact) mass is 385 g/mol. The van der Waals surface area contributed by atoms with Crippen LogP contribution in [0.5, 0.6) is 0 Å². The molecule has 1 unspecified atom stereocenters. The Labute approximate surface area is 140 Å². The molecule has 0 N–H and O–H groups in total. The smallest absolute Gasteiger partial charge is 0.246 e. The maximum Gasteiger partial charge on any atom is 0.246 e. The number of nitrogens with zero attached hydrogens (tertiary/aromatic N) is 1. The van der Waals surface area contributed by atoms with E-state index in [-0.39, 0.29) is 23.5 Å². The summed E-state index contributed by atoms with van der Waals surface area (Å²) in [6.07, 6.45) is 4.64. The number of hydrogen-bond acceptors (Lipinski definition) is 3. The second-order valence-corrected chi connectivity index (χ2v) is 8.53. The Morgan fingerprint density at radius 2 is 2.14 bits per heavy atom. The molecule has 2 rings (SSSR count). The highest BCUT2D eigenvalue weighted by Crippen LogP contribution is 2.20. The summed E-state index contributed by atoms with van der Waals surface area (Å²) in [5.41, 5.74) is 0.923. The molecule has 1 heterocycles. The molecule has 0 aromatic heterocycles. The van der Waals surface area contributed by atoms with E-state index in [4.69, 9.17) is 0 Å². The lowest BCUT2D eigenvalue weighted by Crippen LogP contribution is -2.40. The van der Waals surface area contributed by atoms with Gasteiger partial charge in [0.1, 0.15) is 0 Å². The van der Waals surface area contributed by atoms with Crippen LogP contribution in [0.1, 0.15) is 25.3 Å². The summed E-state index contributed by atoms with van der Waals surface area (Å²) in [4.78, 5) is 14.1. The fraction of sp³-hybridized carbons (Fsp3) is 0.438. The predicted molar refractivity (Wildman–Crippen MR) is 92.2 cm³/mol. The normalized spacial score (nSPS) is 20.4. The van der Waals surface area contributed by atoms with Gasteiger partial charge in [0.05, 0.1) is 11.5 Å². The molecule has 1 atom stereocenters. The van der Waals surface area contributed by atoms with E-state index in [9.17, 15) is 13.2 Å². The third kappa shape index (κ3) is 4.43. The number of carbonyl (C=O) groups excluding carboxylic acids is 1. The summed E-state index contributed by atoms with van der Waals surface area (Å²) in [6.45, 7) is 2.57. The van der Waals surface area contributed by atoms with E-state index in [1.165, 1.54) is 6.08 Å². The summed E-state index contributed by atoms with van der Waals surface area (Å²) in [6, 6.07) is 7.45. The Morgan fingerprint density at radius 1 is 1.41 bits per heavy atom. The van der Waals surface area contributed by atoms with Crippen molar-refractivity contribution < 1.29 is 13.2 Å². The molecule has 1 fully saturated rings. The molecule has 0 radical (unpaired) electrons. The molecule has 1 aliphatic rings. The molecule has 6 heteroatoms. The molecular formula is C16H20BrNO3S. The van der Waals surface area contributed by atoms with Crippen molar-refractivity contribution in [3.05, 3.63) is 40.4 Å². The molecule has 4 nitrogen and oxygen atoms in total. The SMILES string of the molecule is CCCN(C(=O)/C=C/c1ccccc1Br)C1CCS(=O)(=O)C1. The molecule has 1 aromatic rings. The molecule has 1 aromatic carbocycles. The van der Waals surface area contributed by atoms with Crippen molar-refractivity contribution >= 4 is 37.8 Å². The van der Waals surface area contributed by atoms with E-state index < -0.39 is 9.84 Å². The van der Waals surface area contributed by atoms with Crippen LogP contribution in [0.2, 0.25) is 0 Å². The van der Waals surface area contributed by atoms with Crippen molar-refractivity contribution in [2.75, 3.05) is 18.1 Å². The molecule has 22 heavy (non-hydrogen) atoms. The van der Waals surface area contributed by atoms with Gasteiger partial charge in [0.2, 0.25) is 5.91 Å². The van der Waals surface area contributed by atoms with Gasteiger partial charge < -0.3 is 4.90 Å². The largest absolute Gasteiger partial charge is 0.335 e. The lowest BCUT2D eigenvalue weighted by molar-refractivity contribution is -0.127. The number of benzene rings is 1. The topological polar surface area (TPSA) is 54.5 Å². The molecule has 0 spiro atoms. The third-order valence-corrected chi connectivity index (χ3v) is 6.18. The van der Waals surface area contributed by atoms with Crippen LogP contribution >= 0.6 is 15.9 Å². The van der Waals surface area contributed by atoms with Crippen molar-refractivity contribution in [2.45, 2.75) is 25.8 Å². The predicted octanol–water partition coefficient (Wildman–Crippen LogP) is 2.89. The number of hydrogen-bond donors (Lipinski definition) is 0. The minimum absolute atomic E-state index is 0.0849. The van der Waals surface area contributed by atoms with Crippen molar-refractivity contribution in [3.8, 4) is 0 Å². The van der Waals surface area contributed by atoms with Crippen LogP contribution < -0.4 is 0 Å². The zero-order valence-corrected chi connectivity index (χ0v) is 14.9. The molecule has 120 valence electrons. The van der Waals surface area contributed by atoms with E-state index in [1.54, 1.807) is 11.0 Å². The maximum absolute atomic E-state index is 12.4. The average Bonchev–Trinajstić information content (AvgIpc) is 2.83. The minimum Gasteiger partial charge on any atom is -0.335 e. The Morgan fingerprint density at radius 3 is 2.73 bits per heavy atom. The summed E-state index contributed by atoms with van der Waals surface area (Å²) in [5, 5.41) is 0. The van der Waals surface area contributed by atoms with Crippen molar-refractivity contribution in [2.24, 2.45) is 0 Å². The summed E-state index contributed by atoms with van der Waals surface area (Å²) in [7, 11) is -2.99. The van der Waals surface area contributed by atoms with Crippen LogP contribution in [-0.2, 0) is 14.6 Å². The van der Waals surface area contributed by atoms with Gasteiger partial charge in [0.25, 0.3) is 0 Å². The molecule has 1 aliphatic heterocycles. The van der Waals surface area contributed by atoms with E-state index in [2.05, 4.69) is 15.9 Å². The maximum atomic E-state index is 12.4. The number of carbonyl (C=O) groups is 1. The van der Waals surface area contributed by atoms with Gasteiger partial charge in [-0.1, -0.05) is 41.1 Å². The van der Waals surface area contributed by atoms with Crippen LogP contribution in [0.4, 0.5) is 0 Å². The van der Waals surface area contributed by atoms with Gasteiger partial charge in [-0.2, -0.15) is 0 Å². The lowest BCUT2D eigenvalue weighted by atomic mass is 10.2. The zero-order chi connectivity index (χ0) is 16.2. The highest BCUT2D eigenvalue weighted by molar-refractivity contribution is 9.10. The van der Waals surface area contributed by atoms with E-state index >= 15 is 0 Å². The molecule has 0 saturated carbocycles. The number of amides is 1. The first-order chi connectivity index (χ1) is 10.4. The number of halogens is 1. The lowest BCUT2D eigenvalue weighted by Gasteiger charge is -2.26. The Bertz CT molecular complexity index is 670. The summed E-state index contributed by atoms with van der Waals surface area (Å²) in [5.74, 6) is 0.139. The first kappa shape index (κ1) is 17.2. The van der Waals surface area contributed by atoms with Gasteiger partial charge in [-0.05, 0) is 30.5 Å². The van der Waals surface area contributed by atoms with Crippen LogP contribution in [-0.4, -0.2) is 43.3 Å². The van der Waals surface area contributed by atoms with Gasteiger partial charge >= 0.3 is 0 Å². The Hall–Kier alpha value is -1.14. The highest BCUT2D eigenvalue weighted by Gasteiger charge is 2.33. The van der Waals surface area contributed by atoms with Crippen molar-refractivity contribution in [1.29, 1.82) is 0 Å². The standard InChI is InChI=1S/C16H20BrNO3S/c1-2-10-18(14-9-11-22(20,21)12-14)16(19)8-7-13-5-3-4-6-15(13)17/h3-8,14H,2,9-12H2,1H3/b8-7+. The fourth-order valence-corrected chi connectivity index (χ4v) is 4.75. The van der Waals surface area contributed by atoms with Crippen LogP contribution in [0.15, 0.2) is 34.8 Å². The van der Waals surface area contributed by atoms with Crippen molar-refractivity contribution in [3.63, 3.8) is 0 Å². The first-order valence-corrected chi connectivity index (χ1v) is 9.98. The van der Waals surface area contributed by atoms with Gasteiger partial charge in [-0.15, -0.1) is 0 Å². The van der Waals surface area contributed by atoms with E-state index in [1.807, 2.05) is 31.2 Å². The second-order valence-electron chi connectivity index (χ2n) is 5.44. The highest BCUT2D eigenvalue weighted by atomic mass is 79.9. The molecule has 0 aliphatic carbocycles. The fourth-order valence-electron chi connectivity index (χ4n) is 2.60. The van der Waals surface area contributed by atoms with E-state index in [0.29, 0.717) is 13.0 Å². The van der Waals surface area contributed by atoms with Gasteiger partial charge in [-0.25, -0.2) is 8.42 Å². The van der Waals surface area contributed by atoms with Gasteiger partial charge in [-0.3, -0.25) is 4.79 Å². The van der Waals surface area contributed by atoms with Crippen molar-refractivity contribution in [1.82, 2.24) is 4.90 Å². The molecule has 1 amide bonds. The minimum atomic E-state index is -2.99. The first-order valence-electron chi connectivity index (χ1n) is 7.36. The second kappa shape index (κ2) is 7.42. The molecular weight excluding hydrogens is 366 g/mol. The average molecular weight is 386 g/mol. The van der Waals surface area contributed by atoms with Crippen LogP contribution in [0.3, 0.4) is 0 Å². The van der Waals surface area contributed by atoms with Crippen LogP contribution in [0, 0.1) is 0 Å². The van der Waals surface area contributed by atoms with E-state index in [0.717, 1.165) is 16.5 Å². The number of rotatable bonds is 5. The van der Waals surface area contributed by atoms with Gasteiger partial charge in [0.15, 0.2) is 9.84 Å². The number of sulfone groups is 1. The molecule has 1 saturated heterocycles. The summed E-state index contributed by atoms with van der Waals surface area (Å²) >= 11 is 3.44. The third-order valence-electron chi connectivity index (χ3n) is 3.71. The summed E-state index contributed by atoms with van der Waals surface area (Å²) < 4.78 is 24.2. The Kier molecular flexibility index (Phi) is 5.81. The van der Waals surface area contributed by atoms with Gasteiger partial charge in [0, 0.05) is 23.1 Å².